The van der Waals surface area contributed by atoms with Crippen LogP contribution >= 0.6 is 0 Å². The van der Waals surface area contributed by atoms with Crippen molar-refractivity contribution >= 4 is 5.91 Å². The van der Waals surface area contributed by atoms with Gasteiger partial charge in [0.1, 0.15) is 5.54 Å². The standard InChI is InChI=1S/C15H25N3O/c1-13(18-10-6-3-7-11-18)14(19)17-15(12-16)8-4-2-5-9-15/h13H,2-11H2,1H3,(H,17,19). The summed E-state index contributed by atoms with van der Waals surface area (Å²) in [7, 11) is 0. The maximum atomic E-state index is 12.4. The van der Waals surface area contributed by atoms with E-state index in [1.807, 2.05) is 6.92 Å². The lowest BCUT2D eigenvalue weighted by molar-refractivity contribution is -0.128. The largest absolute Gasteiger partial charge is 0.336 e. The average Bonchev–Trinajstić information content (AvgIpc) is 2.48. The Morgan fingerprint density at radius 2 is 1.74 bits per heavy atom. The van der Waals surface area contributed by atoms with Gasteiger partial charge in [-0.15, -0.1) is 0 Å². The molecule has 2 rings (SSSR count). The van der Waals surface area contributed by atoms with E-state index in [0.717, 1.165) is 38.8 Å². The zero-order valence-electron chi connectivity index (χ0n) is 12.0. The maximum absolute atomic E-state index is 12.4. The fourth-order valence-corrected chi connectivity index (χ4v) is 3.23. The molecule has 1 saturated carbocycles. The van der Waals surface area contributed by atoms with Gasteiger partial charge in [-0.05, 0) is 45.7 Å². The van der Waals surface area contributed by atoms with Crippen molar-refractivity contribution in [1.29, 1.82) is 5.26 Å². The molecule has 1 atom stereocenters. The van der Waals surface area contributed by atoms with Gasteiger partial charge in [-0.25, -0.2) is 0 Å². The van der Waals surface area contributed by atoms with Gasteiger partial charge >= 0.3 is 0 Å². The van der Waals surface area contributed by atoms with Crippen LogP contribution in [0.2, 0.25) is 0 Å². The number of carbonyl (C=O) groups excluding carboxylic acids is 1. The van der Waals surface area contributed by atoms with Crippen LogP contribution in [0, 0.1) is 11.3 Å². The Kier molecular flexibility index (Phi) is 4.81. The minimum atomic E-state index is -0.598. The summed E-state index contributed by atoms with van der Waals surface area (Å²) < 4.78 is 0. The molecular weight excluding hydrogens is 238 g/mol. The van der Waals surface area contributed by atoms with Crippen molar-refractivity contribution in [2.24, 2.45) is 0 Å². The predicted molar refractivity (Wildman–Crippen MR) is 74.5 cm³/mol. The summed E-state index contributed by atoms with van der Waals surface area (Å²) in [6.07, 6.45) is 8.53. The Hall–Kier alpha value is -1.08. The number of carbonyl (C=O) groups is 1. The number of nitriles is 1. The molecule has 19 heavy (non-hydrogen) atoms. The normalized spacial score (nSPS) is 25.3. The summed E-state index contributed by atoms with van der Waals surface area (Å²) in [5.74, 6) is 0.0327. The molecule has 4 nitrogen and oxygen atoms in total. The molecule has 0 aromatic carbocycles. The topological polar surface area (TPSA) is 56.1 Å². The lowest BCUT2D eigenvalue weighted by atomic mass is 9.82. The summed E-state index contributed by atoms with van der Waals surface area (Å²) in [5, 5.41) is 12.4. The van der Waals surface area contributed by atoms with E-state index in [4.69, 9.17) is 0 Å². The Labute approximate surface area is 116 Å². The number of hydrogen-bond acceptors (Lipinski definition) is 3. The number of amides is 1. The van der Waals surface area contributed by atoms with Crippen LogP contribution in [0.5, 0.6) is 0 Å². The number of nitrogens with one attached hydrogen (secondary N) is 1. The number of rotatable bonds is 3. The maximum Gasteiger partial charge on any atom is 0.238 e. The molecule has 1 heterocycles. The average molecular weight is 263 g/mol. The molecule has 1 N–H and O–H groups in total. The molecule has 1 amide bonds. The van der Waals surface area contributed by atoms with E-state index in [2.05, 4.69) is 16.3 Å². The van der Waals surface area contributed by atoms with E-state index in [0.29, 0.717) is 0 Å². The fourth-order valence-electron chi connectivity index (χ4n) is 3.23. The zero-order chi connectivity index (χ0) is 13.7. The van der Waals surface area contributed by atoms with Crippen molar-refractivity contribution in [2.45, 2.75) is 69.9 Å². The quantitative estimate of drug-likeness (QED) is 0.849. The van der Waals surface area contributed by atoms with Crippen molar-refractivity contribution in [3.05, 3.63) is 0 Å². The van der Waals surface area contributed by atoms with Crippen molar-refractivity contribution in [3.8, 4) is 6.07 Å². The van der Waals surface area contributed by atoms with Crippen molar-refractivity contribution in [2.75, 3.05) is 13.1 Å². The first-order chi connectivity index (χ1) is 9.17. The molecule has 0 spiro atoms. The third kappa shape index (κ3) is 3.48. The molecule has 4 heteroatoms. The van der Waals surface area contributed by atoms with E-state index in [1.54, 1.807) is 0 Å². The molecule has 2 aliphatic rings. The van der Waals surface area contributed by atoms with Crippen LogP contribution in [-0.4, -0.2) is 35.5 Å². The van der Waals surface area contributed by atoms with E-state index >= 15 is 0 Å². The highest BCUT2D eigenvalue weighted by Crippen LogP contribution is 2.27. The van der Waals surface area contributed by atoms with Gasteiger partial charge in [0.05, 0.1) is 12.1 Å². The Bertz CT molecular complexity index is 349. The molecule has 0 aromatic heterocycles. The van der Waals surface area contributed by atoms with Gasteiger partial charge in [0, 0.05) is 0 Å². The summed E-state index contributed by atoms with van der Waals surface area (Å²) in [6.45, 7) is 3.98. The van der Waals surface area contributed by atoms with E-state index in [-0.39, 0.29) is 11.9 Å². The minimum Gasteiger partial charge on any atom is -0.336 e. The Morgan fingerprint density at radius 1 is 1.16 bits per heavy atom. The second-order valence-corrected chi connectivity index (χ2v) is 6.02. The second kappa shape index (κ2) is 6.38. The lowest BCUT2D eigenvalue weighted by Crippen LogP contribution is -2.55. The number of hydrogen-bond donors (Lipinski definition) is 1. The van der Waals surface area contributed by atoms with Crippen molar-refractivity contribution in [1.82, 2.24) is 10.2 Å². The van der Waals surface area contributed by atoms with Gasteiger partial charge in [0.15, 0.2) is 0 Å². The molecule has 2 fully saturated rings. The van der Waals surface area contributed by atoms with Crippen LogP contribution in [0.25, 0.3) is 0 Å². The first-order valence-corrected chi connectivity index (χ1v) is 7.64. The molecular formula is C15H25N3O. The zero-order valence-corrected chi connectivity index (χ0v) is 12.0. The van der Waals surface area contributed by atoms with E-state index in [9.17, 15) is 10.1 Å². The van der Waals surface area contributed by atoms with Gasteiger partial charge < -0.3 is 5.32 Å². The number of piperidine rings is 1. The van der Waals surface area contributed by atoms with Crippen molar-refractivity contribution < 1.29 is 4.79 Å². The van der Waals surface area contributed by atoms with Crippen LogP contribution in [0.3, 0.4) is 0 Å². The summed E-state index contributed by atoms with van der Waals surface area (Å²) >= 11 is 0. The monoisotopic (exact) mass is 263 g/mol. The van der Waals surface area contributed by atoms with Gasteiger partial charge in [-0.3, -0.25) is 9.69 Å². The Balaban J connectivity index is 1.93. The highest BCUT2D eigenvalue weighted by atomic mass is 16.2. The second-order valence-electron chi connectivity index (χ2n) is 6.02. The van der Waals surface area contributed by atoms with Crippen LogP contribution in [0.15, 0.2) is 0 Å². The van der Waals surface area contributed by atoms with Crippen LogP contribution in [0.4, 0.5) is 0 Å². The molecule has 106 valence electrons. The smallest absolute Gasteiger partial charge is 0.238 e. The molecule has 1 aliphatic carbocycles. The third-order valence-electron chi connectivity index (χ3n) is 4.60. The number of likely N-dealkylation sites (tertiary alicyclic amines) is 1. The van der Waals surface area contributed by atoms with Gasteiger partial charge in [-0.1, -0.05) is 25.7 Å². The molecule has 1 saturated heterocycles. The van der Waals surface area contributed by atoms with Gasteiger partial charge in [0.25, 0.3) is 0 Å². The lowest BCUT2D eigenvalue weighted by Gasteiger charge is -2.36. The van der Waals surface area contributed by atoms with Gasteiger partial charge in [0.2, 0.25) is 5.91 Å². The third-order valence-corrected chi connectivity index (χ3v) is 4.60. The highest BCUT2D eigenvalue weighted by molar-refractivity contribution is 5.82. The van der Waals surface area contributed by atoms with E-state index < -0.39 is 5.54 Å². The molecule has 0 aromatic rings. The summed E-state index contributed by atoms with van der Waals surface area (Å²) in [4.78, 5) is 14.6. The minimum absolute atomic E-state index is 0.0327. The molecule has 1 aliphatic heterocycles. The fraction of sp³-hybridized carbons (Fsp3) is 0.867. The van der Waals surface area contributed by atoms with Crippen LogP contribution in [-0.2, 0) is 4.79 Å². The van der Waals surface area contributed by atoms with Crippen molar-refractivity contribution in [3.63, 3.8) is 0 Å². The summed E-state index contributed by atoms with van der Waals surface area (Å²) in [6, 6.07) is 2.25. The molecule has 1 unspecified atom stereocenters. The molecule has 0 radical (unpaired) electrons. The SMILES string of the molecule is CC(C(=O)NC1(C#N)CCCCC1)N1CCCCC1. The summed E-state index contributed by atoms with van der Waals surface area (Å²) in [5.41, 5.74) is -0.598. The van der Waals surface area contributed by atoms with E-state index in [1.165, 1.54) is 25.7 Å². The van der Waals surface area contributed by atoms with Crippen LogP contribution < -0.4 is 5.32 Å². The number of nitrogens with zero attached hydrogens (tertiary/aromatic N) is 2. The highest BCUT2D eigenvalue weighted by Gasteiger charge is 2.35. The van der Waals surface area contributed by atoms with Crippen LogP contribution in [0.1, 0.15) is 58.3 Å². The molecule has 0 bridgehead atoms. The first kappa shape index (κ1) is 14.3. The van der Waals surface area contributed by atoms with Gasteiger partial charge in [-0.2, -0.15) is 5.26 Å². The Morgan fingerprint density at radius 3 is 2.32 bits per heavy atom. The first-order valence-electron chi connectivity index (χ1n) is 7.64. The predicted octanol–water partition coefficient (Wildman–Crippen LogP) is 2.20.